The van der Waals surface area contributed by atoms with Crippen molar-refractivity contribution in [3.8, 4) is 11.5 Å². The first-order chi connectivity index (χ1) is 24.6. The zero-order chi connectivity index (χ0) is 36.5. The molecule has 3 heterocycles. The Bertz CT molecular complexity index is 2100. The molecule has 2 unspecified atom stereocenters. The summed E-state index contributed by atoms with van der Waals surface area (Å²) < 4.78 is 37.8. The second-order valence-electron chi connectivity index (χ2n) is 12.1. The highest BCUT2D eigenvalue weighted by atomic mass is 19.1. The molecule has 0 fully saturated rings. The van der Waals surface area contributed by atoms with Crippen LogP contribution >= 0.6 is 0 Å². The van der Waals surface area contributed by atoms with Gasteiger partial charge >= 0.3 is 11.9 Å². The Morgan fingerprint density at radius 3 is 2.35 bits per heavy atom. The number of hydrogen-bond donors (Lipinski definition) is 2. The number of aromatic nitrogens is 3. The maximum atomic E-state index is 14.1. The Balaban J connectivity index is 0.000000226. The number of carbonyl (C=O) groups is 2. The number of H-pyrrole nitrogens is 1. The van der Waals surface area contributed by atoms with Crippen molar-refractivity contribution in [1.29, 1.82) is 0 Å². The molecule has 268 valence electrons. The lowest BCUT2D eigenvalue weighted by molar-refractivity contribution is -0.156. The lowest BCUT2D eigenvalue weighted by Gasteiger charge is -2.15. The highest BCUT2D eigenvalue weighted by Crippen LogP contribution is 2.28. The number of ether oxygens (including phenoxy) is 3. The number of aryl methyl sites for hydroxylation is 2. The molecule has 0 aliphatic heterocycles. The number of nitrogens with one attached hydrogen (secondary N) is 1. The van der Waals surface area contributed by atoms with Crippen LogP contribution in [-0.4, -0.2) is 63.6 Å². The Morgan fingerprint density at radius 2 is 1.63 bits per heavy atom. The summed E-state index contributed by atoms with van der Waals surface area (Å²) in [7, 11) is 0. The number of carbonyl (C=O) groups excluding carboxylic acids is 1. The molecular formula is C40H44FN3O7. The van der Waals surface area contributed by atoms with Crippen LogP contribution in [0.15, 0.2) is 83.5 Å². The number of hydrogen-bond acceptors (Lipinski definition) is 7. The molecule has 2 atom stereocenters. The minimum atomic E-state index is -0.964. The number of aliphatic carboxylic acids is 1. The third kappa shape index (κ3) is 9.11. The quantitative estimate of drug-likeness (QED) is 0.110. The van der Waals surface area contributed by atoms with Gasteiger partial charge in [0.2, 0.25) is 5.89 Å². The molecule has 6 rings (SSSR count). The van der Waals surface area contributed by atoms with E-state index >= 15 is 0 Å². The molecule has 0 saturated heterocycles. The fraction of sp³-hybridized carbons (Fsp3) is 0.325. The van der Waals surface area contributed by atoms with Crippen LogP contribution in [0.3, 0.4) is 0 Å². The van der Waals surface area contributed by atoms with E-state index in [2.05, 4.69) is 20.6 Å². The van der Waals surface area contributed by atoms with E-state index in [0.29, 0.717) is 50.5 Å². The van der Waals surface area contributed by atoms with E-state index in [0.717, 1.165) is 44.2 Å². The van der Waals surface area contributed by atoms with Crippen molar-refractivity contribution in [2.75, 3.05) is 19.8 Å². The third-order valence-electron chi connectivity index (χ3n) is 8.48. The number of halogens is 1. The van der Waals surface area contributed by atoms with Gasteiger partial charge in [-0.2, -0.15) is 0 Å². The van der Waals surface area contributed by atoms with Crippen LogP contribution in [-0.2, 0) is 43.2 Å². The number of carboxylic acids is 1. The Labute approximate surface area is 296 Å². The van der Waals surface area contributed by atoms with Gasteiger partial charge in [-0.25, -0.2) is 19.0 Å². The minimum Gasteiger partial charge on any atom is -0.479 e. The van der Waals surface area contributed by atoms with Crippen molar-refractivity contribution < 1.29 is 37.7 Å². The van der Waals surface area contributed by atoms with Crippen molar-refractivity contribution in [1.82, 2.24) is 14.5 Å². The monoisotopic (exact) mass is 697 g/mol. The molecule has 6 aromatic rings. The topological polar surface area (TPSA) is 129 Å². The van der Waals surface area contributed by atoms with Crippen LogP contribution in [0.25, 0.3) is 33.3 Å². The van der Waals surface area contributed by atoms with Crippen LogP contribution in [0.1, 0.15) is 48.9 Å². The van der Waals surface area contributed by atoms with Crippen LogP contribution in [0.2, 0.25) is 0 Å². The summed E-state index contributed by atoms with van der Waals surface area (Å²) >= 11 is 0. The second-order valence-corrected chi connectivity index (χ2v) is 12.1. The SMILES string of the molecule is CCOC(=O)C(Cc1ccc2[nH]ccc2c1)OCC.CCOC(Cc1ccc2c(c1)c(C)cn2Cc1nc(-c2ccccc2F)oc1C)C(=O)O. The molecule has 0 aliphatic rings. The molecule has 0 saturated carbocycles. The van der Waals surface area contributed by atoms with E-state index in [1.54, 1.807) is 32.0 Å². The first-order valence-corrected chi connectivity index (χ1v) is 17.1. The molecule has 0 aliphatic carbocycles. The number of benzene rings is 3. The zero-order valence-corrected chi connectivity index (χ0v) is 29.6. The number of esters is 1. The molecule has 10 nitrogen and oxygen atoms in total. The van der Waals surface area contributed by atoms with Crippen molar-refractivity contribution in [2.45, 2.75) is 66.2 Å². The summed E-state index contributed by atoms with van der Waals surface area (Å²) in [5.41, 5.74) is 6.20. The Kier molecular flexibility index (Phi) is 12.4. The molecule has 0 amide bonds. The van der Waals surface area contributed by atoms with E-state index in [4.69, 9.17) is 18.6 Å². The first-order valence-electron chi connectivity index (χ1n) is 17.1. The fourth-order valence-corrected chi connectivity index (χ4v) is 5.99. The molecule has 3 aromatic carbocycles. The molecule has 3 aromatic heterocycles. The smallest absolute Gasteiger partial charge is 0.335 e. The third-order valence-corrected chi connectivity index (χ3v) is 8.48. The minimum absolute atomic E-state index is 0.265. The summed E-state index contributed by atoms with van der Waals surface area (Å²) in [5.74, 6) is -0.726. The standard InChI is InChI=1S/C25H25FN2O4.C15H19NO3/c1-4-31-23(25(29)30)12-17-9-10-22-19(11-17)15(2)13-28(22)14-21-16(3)32-24(27-21)18-7-5-6-8-20(18)26;1-3-18-14(15(17)19-4-2)10-11-5-6-13-12(9-11)7-8-16-13/h5-11,13,23H,4,12,14H2,1-3H3,(H,29,30);5-9,14,16H,3-4,10H2,1-2H3. The zero-order valence-electron chi connectivity index (χ0n) is 29.6. The van der Waals surface area contributed by atoms with Crippen LogP contribution in [0.5, 0.6) is 0 Å². The Morgan fingerprint density at radius 1 is 0.922 bits per heavy atom. The van der Waals surface area contributed by atoms with E-state index < -0.39 is 18.2 Å². The maximum Gasteiger partial charge on any atom is 0.335 e. The van der Waals surface area contributed by atoms with Gasteiger partial charge in [0, 0.05) is 54.9 Å². The van der Waals surface area contributed by atoms with Gasteiger partial charge in [0.15, 0.2) is 12.2 Å². The fourth-order valence-electron chi connectivity index (χ4n) is 5.99. The van der Waals surface area contributed by atoms with E-state index in [1.165, 1.54) is 6.07 Å². The highest BCUT2D eigenvalue weighted by molar-refractivity contribution is 5.85. The van der Waals surface area contributed by atoms with Crippen LogP contribution in [0, 0.1) is 19.7 Å². The van der Waals surface area contributed by atoms with E-state index in [9.17, 15) is 19.1 Å². The number of carboxylic acid groups (broad SMARTS) is 1. The highest BCUT2D eigenvalue weighted by Gasteiger charge is 2.21. The average molecular weight is 698 g/mol. The molecule has 0 bridgehead atoms. The van der Waals surface area contributed by atoms with Gasteiger partial charge in [-0.1, -0.05) is 24.3 Å². The molecular weight excluding hydrogens is 653 g/mol. The van der Waals surface area contributed by atoms with E-state index in [-0.39, 0.29) is 17.7 Å². The van der Waals surface area contributed by atoms with E-state index in [1.807, 2.05) is 69.6 Å². The summed E-state index contributed by atoms with van der Waals surface area (Å²) in [5, 5.41) is 11.5. The molecule has 2 N–H and O–H groups in total. The predicted octanol–water partition coefficient (Wildman–Crippen LogP) is 7.81. The van der Waals surface area contributed by atoms with Gasteiger partial charge in [0.05, 0.1) is 18.7 Å². The lowest BCUT2D eigenvalue weighted by atomic mass is 10.0. The normalized spacial score (nSPS) is 12.4. The summed E-state index contributed by atoms with van der Waals surface area (Å²) in [4.78, 5) is 30.9. The molecule has 0 radical (unpaired) electrons. The molecule has 0 spiro atoms. The number of nitrogens with zero attached hydrogens (tertiary/aromatic N) is 2. The largest absolute Gasteiger partial charge is 0.479 e. The van der Waals surface area contributed by atoms with Crippen LogP contribution < -0.4 is 0 Å². The summed E-state index contributed by atoms with van der Waals surface area (Å²) in [6.07, 6.45) is 3.38. The first kappa shape index (κ1) is 37.0. The number of oxazole rings is 1. The van der Waals surface area contributed by atoms with Gasteiger partial charge < -0.3 is 33.3 Å². The number of fused-ring (bicyclic) bond motifs is 2. The lowest BCUT2D eigenvalue weighted by Crippen LogP contribution is -2.28. The summed E-state index contributed by atoms with van der Waals surface area (Å²) in [6.45, 7) is 11.0. The maximum absolute atomic E-state index is 14.1. The van der Waals surface area contributed by atoms with Gasteiger partial charge in [0.25, 0.3) is 0 Å². The number of aromatic amines is 1. The summed E-state index contributed by atoms with van der Waals surface area (Å²) in [6, 6.07) is 20.4. The molecule has 11 heteroatoms. The van der Waals surface area contributed by atoms with Crippen molar-refractivity contribution >= 4 is 33.7 Å². The van der Waals surface area contributed by atoms with Gasteiger partial charge in [-0.15, -0.1) is 0 Å². The Hall–Kier alpha value is -5.26. The molecule has 51 heavy (non-hydrogen) atoms. The van der Waals surface area contributed by atoms with Crippen molar-refractivity contribution in [2.24, 2.45) is 0 Å². The number of rotatable bonds is 14. The van der Waals surface area contributed by atoms with Crippen molar-refractivity contribution in [3.05, 3.63) is 113 Å². The average Bonchev–Trinajstić information content (AvgIpc) is 3.81. The second kappa shape index (κ2) is 17.1. The van der Waals surface area contributed by atoms with Crippen molar-refractivity contribution in [3.63, 3.8) is 0 Å². The van der Waals surface area contributed by atoms with Gasteiger partial charge in [-0.3, -0.25) is 0 Å². The van der Waals surface area contributed by atoms with Gasteiger partial charge in [-0.05, 0) is 99.2 Å². The van der Waals surface area contributed by atoms with Crippen LogP contribution in [0.4, 0.5) is 4.39 Å². The predicted molar refractivity (Wildman–Crippen MR) is 193 cm³/mol. The van der Waals surface area contributed by atoms with Gasteiger partial charge in [0.1, 0.15) is 17.3 Å².